The first-order chi connectivity index (χ1) is 10.1. The lowest BCUT2D eigenvalue weighted by Crippen LogP contribution is -2.63. The van der Waals surface area contributed by atoms with E-state index in [4.69, 9.17) is 16.3 Å². The van der Waals surface area contributed by atoms with Crippen molar-refractivity contribution in [3.8, 4) is 0 Å². The maximum Gasteiger partial charge on any atom is 0.333 e. The van der Waals surface area contributed by atoms with Crippen molar-refractivity contribution in [2.75, 3.05) is 7.11 Å². The molecule has 3 rings (SSSR count). The molecule has 0 spiro atoms. The van der Waals surface area contributed by atoms with Crippen LogP contribution in [0.1, 0.15) is 16.8 Å². The lowest BCUT2D eigenvalue weighted by atomic mass is 9.83. The first kappa shape index (κ1) is 14.1. The molecule has 4 nitrogen and oxygen atoms in total. The van der Waals surface area contributed by atoms with E-state index < -0.39 is 16.9 Å². The zero-order chi connectivity index (χ0) is 15.0. The number of hydrogen-bond acceptors (Lipinski definition) is 3. The largest absolute Gasteiger partial charge is 0.467 e. The van der Waals surface area contributed by atoms with Crippen molar-refractivity contribution in [1.82, 2.24) is 5.32 Å². The number of benzene rings is 1. The Balaban J connectivity index is 1.93. The van der Waals surface area contributed by atoms with Crippen molar-refractivity contribution in [2.24, 2.45) is 11.8 Å². The number of rotatable bonds is 3. The number of amides is 1. The molecule has 2 aliphatic carbocycles. The standard InChI is InChI=1S/C16H16ClNO3/c1-21-15(20)16(12-8-7-11(9-12)13(16)17)18-14(19)10-5-3-2-4-6-10/h2-8,11-13H,9H2,1H3,(H,18,19)/t11-,12+,13-,16+/m0/s1. The summed E-state index contributed by atoms with van der Waals surface area (Å²) in [6, 6.07) is 8.79. The van der Waals surface area contributed by atoms with Gasteiger partial charge in [0.15, 0.2) is 5.54 Å². The molecule has 2 aliphatic rings. The maximum atomic E-state index is 12.4. The van der Waals surface area contributed by atoms with Gasteiger partial charge in [0, 0.05) is 11.5 Å². The fraction of sp³-hybridized carbons (Fsp3) is 0.375. The van der Waals surface area contributed by atoms with Gasteiger partial charge in [-0.05, 0) is 24.5 Å². The zero-order valence-electron chi connectivity index (χ0n) is 11.6. The quantitative estimate of drug-likeness (QED) is 0.529. The van der Waals surface area contributed by atoms with Crippen LogP contribution in [0.4, 0.5) is 0 Å². The molecule has 0 heterocycles. The number of carbonyl (C=O) groups excluding carboxylic acids is 2. The highest BCUT2D eigenvalue weighted by Gasteiger charge is 2.61. The van der Waals surface area contributed by atoms with Gasteiger partial charge in [-0.2, -0.15) is 0 Å². The van der Waals surface area contributed by atoms with Crippen molar-refractivity contribution in [2.45, 2.75) is 17.3 Å². The average Bonchev–Trinajstić information content (AvgIpc) is 3.10. The third-order valence-electron chi connectivity index (χ3n) is 4.39. The minimum atomic E-state index is -1.18. The van der Waals surface area contributed by atoms with E-state index >= 15 is 0 Å². The Bertz CT molecular complexity index is 601. The fourth-order valence-corrected chi connectivity index (χ4v) is 3.81. The summed E-state index contributed by atoms with van der Waals surface area (Å²) in [7, 11) is 1.32. The molecule has 2 bridgehead atoms. The van der Waals surface area contributed by atoms with Crippen LogP contribution in [0.5, 0.6) is 0 Å². The van der Waals surface area contributed by atoms with Gasteiger partial charge in [-0.3, -0.25) is 4.79 Å². The van der Waals surface area contributed by atoms with Crippen molar-refractivity contribution in [3.05, 3.63) is 48.0 Å². The van der Waals surface area contributed by atoms with Crippen LogP contribution in [0.2, 0.25) is 0 Å². The third-order valence-corrected chi connectivity index (χ3v) is 5.06. The van der Waals surface area contributed by atoms with E-state index in [2.05, 4.69) is 5.32 Å². The van der Waals surface area contributed by atoms with Crippen molar-refractivity contribution >= 4 is 23.5 Å². The van der Waals surface area contributed by atoms with Gasteiger partial charge in [0.1, 0.15) is 0 Å². The Hall–Kier alpha value is -1.81. The molecule has 21 heavy (non-hydrogen) atoms. The molecular formula is C16H16ClNO3. The monoisotopic (exact) mass is 305 g/mol. The Morgan fingerprint density at radius 3 is 2.57 bits per heavy atom. The highest BCUT2D eigenvalue weighted by Crippen LogP contribution is 2.49. The van der Waals surface area contributed by atoms with Crippen LogP contribution in [0.3, 0.4) is 0 Å². The molecule has 110 valence electrons. The summed E-state index contributed by atoms with van der Waals surface area (Å²) in [4.78, 5) is 24.8. The van der Waals surface area contributed by atoms with Crippen molar-refractivity contribution < 1.29 is 14.3 Å². The number of alkyl halides is 1. The third kappa shape index (κ3) is 2.05. The van der Waals surface area contributed by atoms with E-state index in [1.807, 2.05) is 18.2 Å². The Labute approximate surface area is 128 Å². The van der Waals surface area contributed by atoms with Crippen LogP contribution in [-0.2, 0) is 9.53 Å². The SMILES string of the molecule is COC(=O)[C@@]1(NC(=O)c2ccccc2)[C@@H]2C=C[C@@H](C2)[C@@H]1Cl. The number of halogens is 1. The predicted molar refractivity (Wildman–Crippen MR) is 79.0 cm³/mol. The van der Waals surface area contributed by atoms with E-state index in [0.29, 0.717) is 5.56 Å². The first-order valence-corrected chi connectivity index (χ1v) is 7.31. The molecule has 1 saturated carbocycles. The second-order valence-corrected chi connectivity index (χ2v) is 5.94. The van der Waals surface area contributed by atoms with Crippen molar-refractivity contribution in [1.29, 1.82) is 0 Å². The summed E-state index contributed by atoms with van der Waals surface area (Å²) in [6.07, 6.45) is 4.72. The number of fused-ring (bicyclic) bond motifs is 2. The van der Waals surface area contributed by atoms with Crippen LogP contribution in [0, 0.1) is 11.8 Å². The molecule has 1 fully saturated rings. The molecule has 0 saturated heterocycles. The smallest absolute Gasteiger partial charge is 0.333 e. The molecule has 4 atom stereocenters. The lowest BCUT2D eigenvalue weighted by Gasteiger charge is -2.36. The molecule has 0 aliphatic heterocycles. The number of esters is 1. The summed E-state index contributed by atoms with van der Waals surface area (Å²) >= 11 is 6.47. The highest BCUT2D eigenvalue weighted by molar-refractivity contribution is 6.24. The second kappa shape index (κ2) is 5.19. The van der Waals surface area contributed by atoms with E-state index in [1.165, 1.54) is 7.11 Å². The van der Waals surface area contributed by atoms with Gasteiger partial charge < -0.3 is 10.1 Å². The minimum absolute atomic E-state index is 0.0897. The lowest BCUT2D eigenvalue weighted by molar-refractivity contribution is -0.149. The number of carbonyl (C=O) groups is 2. The average molecular weight is 306 g/mol. The molecule has 1 aromatic rings. The number of hydrogen-bond donors (Lipinski definition) is 1. The summed E-state index contributed by atoms with van der Waals surface area (Å²) < 4.78 is 4.93. The van der Waals surface area contributed by atoms with E-state index in [9.17, 15) is 9.59 Å². The predicted octanol–water partition coefficient (Wildman–Crippen LogP) is 2.14. The second-order valence-electron chi connectivity index (χ2n) is 5.47. The van der Waals surface area contributed by atoms with Crippen LogP contribution in [-0.4, -0.2) is 29.9 Å². The van der Waals surface area contributed by atoms with Crippen molar-refractivity contribution in [3.63, 3.8) is 0 Å². The normalized spacial score (nSPS) is 33.0. The zero-order valence-corrected chi connectivity index (χ0v) is 12.3. The van der Waals surface area contributed by atoms with E-state index in [0.717, 1.165) is 6.42 Å². The molecule has 5 heteroatoms. The Morgan fingerprint density at radius 1 is 1.29 bits per heavy atom. The number of allylic oxidation sites excluding steroid dienone is 1. The molecular weight excluding hydrogens is 290 g/mol. The topological polar surface area (TPSA) is 55.4 Å². The van der Waals surface area contributed by atoms with Crippen LogP contribution in [0.15, 0.2) is 42.5 Å². The summed E-state index contributed by atoms with van der Waals surface area (Å²) in [5.74, 6) is -0.826. The number of ether oxygens (including phenoxy) is 1. The summed E-state index contributed by atoms with van der Waals surface area (Å²) in [5, 5.41) is 2.35. The van der Waals surface area contributed by atoms with Gasteiger partial charge in [0.05, 0.1) is 12.5 Å². The number of methoxy groups -OCH3 is 1. The maximum absolute atomic E-state index is 12.4. The first-order valence-electron chi connectivity index (χ1n) is 6.88. The van der Waals surface area contributed by atoms with E-state index in [1.54, 1.807) is 24.3 Å². The van der Waals surface area contributed by atoms with Crippen LogP contribution in [0.25, 0.3) is 0 Å². The molecule has 1 aromatic carbocycles. The Kier molecular flexibility index (Phi) is 3.49. The number of nitrogens with one attached hydrogen (secondary N) is 1. The van der Waals surface area contributed by atoms with Gasteiger partial charge in [-0.25, -0.2) is 4.79 Å². The van der Waals surface area contributed by atoms with Gasteiger partial charge in [0.2, 0.25) is 0 Å². The summed E-state index contributed by atoms with van der Waals surface area (Å²) in [6.45, 7) is 0. The molecule has 1 amide bonds. The van der Waals surface area contributed by atoms with Gasteiger partial charge in [0.25, 0.3) is 5.91 Å². The molecule has 0 radical (unpaired) electrons. The molecule has 1 N–H and O–H groups in total. The molecule has 0 aromatic heterocycles. The molecule has 0 unspecified atom stereocenters. The van der Waals surface area contributed by atoms with E-state index in [-0.39, 0.29) is 17.7 Å². The summed E-state index contributed by atoms with van der Waals surface area (Å²) in [5.41, 5.74) is -0.681. The van der Waals surface area contributed by atoms with Gasteiger partial charge in [-0.15, -0.1) is 11.6 Å². The van der Waals surface area contributed by atoms with Crippen LogP contribution < -0.4 is 5.32 Å². The van der Waals surface area contributed by atoms with Gasteiger partial charge >= 0.3 is 5.97 Å². The fourth-order valence-electron chi connectivity index (χ4n) is 3.32. The minimum Gasteiger partial charge on any atom is -0.467 e. The highest BCUT2D eigenvalue weighted by atomic mass is 35.5. The van der Waals surface area contributed by atoms with Crippen LogP contribution >= 0.6 is 11.6 Å². The Morgan fingerprint density at radius 2 is 2.00 bits per heavy atom. The van der Waals surface area contributed by atoms with Gasteiger partial charge in [-0.1, -0.05) is 30.4 Å².